The lowest BCUT2D eigenvalue weighted by molar-refractivity contribution is 0.343. The Labute approximate surface area is 156 Å². The van der Waals surface area contributed by atoms with Crippen LogP contribution in [0.3, 0.4) is 0 Å². The van der Waals surface area contributed by atoms with Gasteiger partial charge in [0.05, 0.1) is 11.5 Å². The van der Waals surface area contributed by atoms with Crippen molar-refractivity contribution in [3.8, 4) is 0 Å². The van der Waals surface area contributed by atoms with Gasteiger partial charge in [0.2, 0.25) is 0 Å². The highest BCUT2D eigenvalue weighted by atomic mass is 79.9. The Balaban J connectivity index is 1.79. The first kappa shape index (κ1) is 19.2. The molecule has 0 aliphatic carbocycles. The minimum absolute atomic E-state index is 0.00259. The summed E-state index contributed by atoms with van der Waals surface area (Å²) < 4.78 is 64.9. The van der Waals surface area contributed by atoms with Gasteiger partial charge in [-0.3, -0.25) is 0 Å². The van der Waals surface area contributed by atoms with Gasteiger partial charge >= 0.3 is 0 Å². The monoisotopic (exact) mass is 454 g/mol. The van der Waals surface area contributed by atoms with Gasteiger partial charge in [0.15, 0.2) is 9.84 Å². The molecule has 0 N–H and O–H groups in total. The van der Waals surface area contributed by atoms with Crippen molar-refractivity contribution < 1.29 is 21.2 Å². The first-order chi connectivity index (χ1) is 11.7. The standard InChI is InChI=1S/C15H20BrFN2O4S2/c16-10-15-9-13(12-1-3-14(17)4-2-12)11-19(15)25(22,23)18-5-7-24(20,21)8-6-18/h1-4,13,15H,5-11H2/t13-,15-/m1/s1. The van der Waals surface area contributed by atoms with Crippen LogP contribution in [0.4, 0.5) is 4.39 Å². The second kappa shape index (κ2) is 7.22. The molecular formula is C15H20BrFN2O4S2. The summed E-state index contributed by atoms with van der Waals surface area (Å²) in [5, 5.41) is 0.496. The molecule has 0 amide bonds. The summed E-state index contributed by atoms with van der Waals surface area (Å²) in [4.78, 5) is 0. The van der Waals surface area contributed by atoms with Crippen LogP contribution in [0.5, 0.6) is 0 Å². The normalized spacial score (nSPS) is 28.2. The van der Waals surface area contributed by atoms with Crippen molar-refractivity contribution in [3.63, 3.8) is 0 Å². The summed E-state index contributed by atoms with van der Waals surface area (Å²) in [7, 11) is -6.87. The van der Waals surface area contributed by atoms with Crippen LogP contribution < -0.4 is 0 Å². The van der Waals surface area contributed by atoms with Crippen LogP contribution >= 0.6 is 15.9 Å². The quantitative estimate of drug-likeness (QED) is 0.643. The number of benzene rings is 1. The van der Waals surface area contributed by atoms with Crippen molar-refractivity contribution in [3.05, 3.63) is 35.6 Å². The van der Waals surface area contributed by atoms with Gasteiger partial charge in [-0.2, -0.15) is 17.0 Å². The molecular weight excluding hydrogens is 435 g/mol. The number of nitrogens with zero attached hydrogens (tertiary/aromatic N) is 2. The number of hydrogen-bond acceptors (Lipinski definition) is 4. The van der Waals surface area contributed by atoms with Crippen LogP contribution in [0.25, 0.3) is 0 Å². The summed E-state index contributed by atoms with van der Waals surface area (Å²) in [5.74, 6) is -0.606. The number of halogens is 2. The van der Waals surface area contributed by atoms with Gasteiger partial charge in [-0.1, -0.05) is 28.1 Å². The van der Waals surface area contributed by atoms with E-state index in [2.05, 4.69) is 15.9 Å². The fraction of sp³-hybridized carbons (Fsp3) is 0.600. The SMILES string of the molecule is O=S1(=O)CCN(S(=O)(=O)N2C[C@H](c3ccc(F)cc3)C[C@@H]2CBr)CC1. The molecule has 1 aromatic carbocycles. The summed E-state index contributed by atoms with van der Waals surface area (Å²) in [6.07, 6.45) is 0.641. The Morgan fingerprint density at radius 1 is 1.16 bits per heavy atom. The second-order valence-electron chi connectivity index (χ2n) is 6.42. The lowest BCUT2D eigenvalue weighted by atomic mass is 9.97. The molecule has 2 saturated heterocycles. The minimum Gasteiger partial charge on any atom is -0.229 e. The lowest BCUT2D eigenvalue weighted by Crippen LogP contribution is -2.51. The third-order valence-corrected chi connectivity index (χ3v) is 9.22. The van der Waals surface area contributed by atoms with Gasteiger partial charge in [0, 0.05) is 31.0 Å². The first-order valence-electron chi connectivity index (χ1n) is 8.02. The van der Waals surface area contributed by atoms with Gasteiger partial charge in [-0.15, -0.1) is 0 Å². The second-order valence-corrected chi connectivity index (χ2v) is 11.3. The summed E-state index contributed by atoms with van der Waals surface area (Å²) >= 11 is 3.38. The summed E-state index contributed by atoms with van der Waals surface area (Å²) in [5.41, 5.74) is 0.909. The molecule has 0 spiro atoms. The van der Waals surface area contributed by atoms with Gasteiger partial charge in [0.1, 0.15) is 5.82 Å². The van der Waals surface area contributed by atoms with E-state index in [0.29, 0.717) is 18.3 Å². The largest absolute Gasteiger partial charge is 0.282 e. The molecule has 0 aromatic heterocycles. The average molecular weight is 455 g/mol. The molecule has 2 heterocycles. The first-order valence-corrected chi connectivity index (χ1v) is 12.4. The molecule has 0 bridgehead atoms. The Kier molecular flexibility index (Phi) is 5.55. The fourth-order valence-corrected chi connectivity index (χ4v) is 7.44. The molecule has 25 heavy (non-hydrogen) atoms. The zero-order valence-electron chi connectivity index (χ0n) is 13.5. The van der Waals surface area contributed by atoms with Crippen LogP contribution in [0.2, 0.25) is 0 Å². The molecule has 1 aromatic rings. The van der Waals surface area contributed by atoms with Crippen molar-refractivity contribution in [1.82, 2.24) is 8.61 Å². The topological polar surface area (TPSA) is 74.8 Å². The highest BCUT2D eigenvalue weighted by Crippen LogP contribution is 2.35. The zero-order valence-corrected chi connectivity index (χ0v) is 16.7. The summed E-state index contributed by atoms with van der Waals surface area (Å²) in [6, 6.07) is 5.93. The molecule has 6 nitrogen and oxygen atoms in total. The Morgan fingerprint density at radius 3 is 2.32 bits per heavy atom. The molecule has 2 aliphatic rings. The van der Waals surface area contributed by atoms with Crippen LogP contribution in [0.15, 0.2) is 24.3 Å². The molecule has 2 atom stereocenters. The summed E-state index contributed by atoms with van der Waals surface area (Å²) in [6.45, 7) is 0.308. The van der Waals surface area contributed by atoms with Crippen molar-refractivity contribution in [2.75, 3.05) is 36.5 Å². The molecule has 2 fully saturated rings. The van der Waals surface area contributed by atoms with Crippen LogP contribution in [0.1, 0.15) is 17.9 Å². The van der Waals surface area contributed by atoms with E-state index in [1.807, 2.05) is 0 Å². The maximum absolute atomic E-state index is 13.1. The molecule has 2 aliphatic heterocycles. The third kappa shape index (κ3) is 4.08. The average Bonchev–Trinajstić information content (AvgIpc) is 3.00. The van der Waals surface area contributed by atoms with Gasteiger partial charge in [-0.25, -0.2) is 12.8 Å². The van der Waals surface area contributed by atoms with Crippen LogP contribution in [-0.4, -0.2) is 68.0 Å². The van der Waals surface area contributed by atoms with Crippen molar-refractivity contribution in [1.29, 1.82) is 0 Å². The minimum atomic E-state index is -3.72. The molecule has 0 saturated carbocycles. The number of sulfone groups is 1. The van der Waals surface area contributed by atoms with E-state index in [9.17, 15) is 21.2 Å². The van der Waals surface area contributed by atoms with E-state index in [4.69, 9.17) is 0 Å². The fourth-order valence-electron chi connectivity index (χ4n) is 3.36. The molecule has 3 rings (SSSR count). The smallest absolute Gasteiger partial charge is 0.229 e. The molecule has 10 heteroatoms. The highest BCUT2D eigenvalue weighted by Gasteiger charge is 2.43. The van der Waals surface area contributed by atoms with Crippen molar-refractivity contribution in [2.24, 2.45) is 0 Å². The molecule has 140 valence electrons. The van der Waals surface area contributed by atoms with E-state index in [1.165, 1.54) is 20.7 Å². The predicted molar refractivity (Wildman–Crippen MR) is 97.2 cm³/mol. The number of hydrogen-bond donors (Lipinski definition) is 0. The van der Waals surface area contributed by atoms with Crippen LogP contribution in [-0.2, 0) is 20.0 Å². The van der Waals surface area contributed by atoms with E-state index in [1.54, 1.807) is 12.1 Å². The molecule has 0 radical (unpaired) electrons. The van der Waals surface area contributed by atoms with E-state index >= 15 is 0 Å². The van der Waals surface area contributed by atoms with E-state index in [0.717, 1.165) is 5.56 Å². The maximum atomic E-state index is 13.1. The number of alkyl halides is 1. The third-order valence-electron chi connectivity index (χ3n) is 4.81. The van der Waals surface area contributed by atoms with Crippen molar-refractivity contribution >= 4 is 36.0 Å². The van der Waals surface area contributed by atoms with Gasteiger partial charge in [0.25, 0.3) is 10.2 Å². The Morgan fingerprint density at radius 2 is 1.76 bits per heavy atom. The maximum Gasteiger partial charge on any atom is 0.282 e. The number of rotatable bonds is 4. The lowest BCUT2D eigenvalue weighted by Gasteiger charge is -2.32. The zero-order chi connectivity index (χ0) is 18.2. The highest BCUT2D eigenvalue weighted by molar-refractivity contribution is 9.09. The Bertz CT molecular complexity index is 816. The molecule has 0 unspecified atom stereocenters. The predicted octanol–water partition coefficient (Wildman–Crippen LogP) is 1.35. The van der Waals surface area contributed by atoms with Gasteiger partial charge in [-0.05, 0) is 30.0 Å². The van der Waals surface area contributed by atoms with E-state index in [-0.39, 0.29) is 42.4 Å². The Hall–Kier alpha value is -0.550. The van der Waals surface area contributed by atoms with Crippen LogP contribution in [0, 0.1) is 5.82 Å². The van der Waals surface area contributed by atoms with Gasteiger partial charge < -0.3 is 0 Å². The van der Waals surface area contributed by atoms with Crippen molar-refractivity contribution in [2.45, 2.75) is 18.4 Å². The van der Waals surface area contributed by atoms with E-state index < -0.39 is 20.0 Å².